The molecule has 0 saturated heterocycles. The number of nitro groups is 1. The Labute approximate surface area is 196 Å². The maximum atomic E-state index is 12.8. The highest BCUT2D eigenvalue weighted by atomic mass is 35.5. The summed E-state index contributed by atoms with van der Waals surface area (Å²) < 4.78 is 1.61. The molecule has 10 heteroatoms. The van der Waals surface area contributed by atoms with Crippen LogP contribution in [0.25, 0.3) is 5.69 Å². The maximum Gasteiger partial charge on any atom is 0.270 e. The van der Waals surface area contributed by atoms with Gasteiger partial charge in [-0.3, -0.25) is 19.7 Å². The number of benzene rings is 2. The number of hydrogen-bond donors (Lipinski definition) is 1. The molecule has 3 aromatic rings. The molecule has 0 aliphatic rings. The van der Waals surface area contributed by atoms with Crippen molar-refractivity contribution in [3.05, 3.63) is 81.0 Å². The van der Waals surface area contributed by atoms with E-state index in [1.165, 1.54) is 36.2 Å². The number of likely N-dealkylation sites (N-methyl/N-ethyl adjacent to an activating group) is 1. The van der Waals surface area contributed by atoms with Crippen LogP contribution in [0.5, 0.6) is 0 Å². The SMILES string of the molecule is CN(CC(=O)Nc1cc(C(C)(C)C)nn1-c1ccc(Cl)cc1)C(=O)c1cccc([N+](=O)[O-])c1. The topological polar surface area (TPSA) is 110 Å². The third-order valence-corrected chi connectivity index (χ3v) is 5.10. The number of carbonyl (C=O) groups excluding carboxylic acids is 2. The Morgan fingerprint density at radius 3 is 2.42 bits per heavy atom. The predicted octanol–water partition coefficient (Wildman–Crippen LogP) is 4.44. The van der Waals surface area contributed by atoms with Crippen LogP contribution in [0.2, 0.25) is 5.02 Å². The number of nitrogens with zero attached hydrogens (tertiary/aromatic N) is 4. The van der Waals surface area contributed by atoms with Gasteiger partial charge in [0, 0.05) is 41.2 Å². The summed E-state index contributed by atoms with van der Waals surface area (Å²) in [7, 11) is 1.46. The molecule has 9 nitrogen and oxygen atoms in total. The molecule has 1 heterocycles. The number of aromatic nitrogens is 2. The quantitative estimate of drug-likeness (QED) is 0.423. The van der Waals surface area contributed by atoms with Gasteiger partial charge >= 0.3 is 0 Å². The summed E-state index contributed by atoms with van der Waals surface area (Å²) in [6.07, 6.45) is 0. The Bertz CT molecular complexity index is 1200. The lowest BCUT2D eigenvalue weighted by Gasteiger charge is -2.17. The molecule has 0 spiro atoms. The van der Waals surface area contributed by atoms with Crippen molar-refractivity contribution < 1.29 is 14.5 Å². The van der Waals surface area contributed by atoms with Crippen molar-refractivity contribution in [1.29, 1.82) is 0 Å². The van der Waals surface area contributed by atoms with Crippen LogP contribution in [-0.2, 0) is 10.2 Å². The zero-order valence-corrected chi connectivity index (χ0v) is 19.5. The number of nitrogens with one attached hydrogen (secondary N) is 1. The number of amides is 2. The van der Waals surface area contributed by atoms with E-state index in [1.807, 2.05) is 20.8 Å². The highest BCUT2D eigenvalue weighted by Gasteiger charge is 2.23. The third kappa shape index (κ3) is 5.75. The highest BCUT2D eigenvalue weighted by molar-refractivity contribution is 6.30. The van der Waals surface area contributed by atoms with Crippen LogP contribution in [0, 0.1) is 10.1 Å². The van der Waals surface area contributed by atoms with Crippen LogP contribution in [0.3, 0.4) is 0 Å². The van der Waals surface area contributed by atoms with Gasteiger partial charge < -0.3 is 10.2 Å². The number of anilines is 1. The predicted molar refractivity (Wildman–Crippen MR) is 126 cm³/mol. The molecule has 2 amide bonds. The summed E-state index contributed by atoms with van der Waals surface area (Å²) in [5.74, 6) is -0.495. The molecule has 0 bridgehead atoms. The summed E-state index contributed by atoms with van der Waals surface area (Å²) in [4.78, 5) is 37.0. The number of hydrogen-bond acceptors (Lipinski definition) is 5. The fourth-order valence-corrected chi connectivity index (χ4v) is 3.18. The number of halogens is 1. The van der Waals surface area contributed by atoms with E-state index in [9.17, 15) is 19.7 Å². The van der Waals surface area contributed by atoms with Crippen molar-refractivity contribution in [3.63, 3.8) is 0 Å². The Hall–Kier alpha value is -3.72. The van der Waals surface area contributed by atoms with Crippen LogP contribution in [0.15, 0.2) is 54.6 Å². The van der Waals surface area contributed by atoms with E-state index in [2.05, 4.69) is 10.4 Å². The summed E-state index contributed by atoms with van der Waals surface area (Å²) >= 11 is 5.99. The first-order valence-corrected chi connectivity index (χ1v) is 10.5. The first-order chi connectivity index (χ1) is 15.5. The minimum absolute atomic E-state index is 0.126. The van der Waals surface area contributed by atoms with Crippen LogP contribution in [0.4, 0.5) is 11.5 Å². The smallest absolute Gasteiger partial charge is 0.270 e. The van der Waals surface area contributed by atoms with Gasteiger partial charge in [-0.15, -0.1) is 0 Å². The number of nitro benzene ring substituents is 1. The lowest BCUT2D eigenvalue weighted by Crippen LogP contribution is -2.35. The van der Waals surface area contributed by atoms with Gasteiger partial charge in [-0.25, -0.2) is 4.68 Å². The summed E-state index contributed by atoms with van der Waals surface area (Å²) in [6, 6.07) is 14.2. The van der Waals surface area contributed by atoms with Crippen molar-refractivity contribution >= 4 is 34.9 Å². The Morgan fingerprint density at radius 2 is 1.82 bits per heavy atom. The monoisotopic (exact) mass is 469 g/mol. The molecule has 0 aliphatic heterocycles. The molecule has 1 aromatic heterocycles. The molecule has 0 radical (unpaired) electrons. The summed E-state index contributed by atoms with van der Waals surface area (Å²) in [6.45, 7) is 5.79. The average Bonchev–Trinajstić information content (AvgIpc) is 3.17. The zero-order valence-electron chi connectivity index (χ0n) is 18.7. The number of non-ortho nitro benzene ring substituents is 1. The lowest BCUT2D eigenvalue weighted by atomic mass is 9.92. The van der Waals surface area contributed by atoms with Crippen LogP contribution >= 0.6 is 11.6 Å². The Kier molecular flexibility index (Phi) is 6.83. The van der Waals surface area contributed by atoms with Gasteiger partial charge in [-0.1, -0.05) is 38.4 Å². The van der Waals surface area contributed by atoms with Gasteiger partial charge in [0.15, 0.2) is 0 Å². The van der Waals surface area contributed by atoms with Crippen molar-refractivity contribution in [3.8, 4) is 5.69 Å². The normalized spacial score (nSPS) is 11.2. The van der Waals surface area contributed by atoms with Crippen LogP contribution in [-0.4, -0.2) is 45.0 Å². The van der Waals surface area contributed by atoms with Gasteiger partial charge in [-0.05, 0) is 30.3 Å². The summed E-state index contributed by atoms with van der Waals surface area (Å²) in [5.41, 5.74) is 1.16. The average molecular weight is 470 g/mol. The van der Waals surface area contributed by atoms with Gasteiger partial charge in [0.05, 0.1) is 22.8 Å². The van der Waals surface area contributed by atoms with Crippen molar-refractivity contribution in [1.82, 2.24) is 14.7 Å². The van der Waals surface area contributed by atoms with E-state index in [0.717, 1.165) is 5.69 Å². The molecule has 2 aromatic carbocycles. The van der Waals surface area contributed by atoms with Crippen molar-refractivity contribution in [2.75, 3.05) is 18.9 Å². The Balaban J connectivity index is 1.80. The molecule has 33 heavy (non-hydrogen) atoms. The fraction of sp³-hybridized carbons (Fsp3) is 0.261. The summed E-state index contributed by atoms with van der Waals surface area (Å²) in [5, 5.41) is 19.0. The zero-order chi connectivity index (χ0) is 24.3. The highest BCUT2D eigenvalue weighted by Crippen LogP contribution is 2.27. The van der Waals surface area contributed by atoms with Crippen molar-refractivity contribution in [2.45, 2.75) is 26.2 Å². The van der Waals surface area contributed by atoms with Gasteiger partial charge in [0.25, 0.3) is 11.6 Å². The van der Waals surface area contributed by atoms with Gasteiger partial charge in [-0.2, -0.15) is 5.10 Å². The number of carbonyl (C=O) groups is 2. The standard InChI is InChI=1S/C23H24ClN5O4/c1-23(2,3)19-13-20(28(26-19)17-10-8-16(24)9-11-17)25-21(30)14-27(4)22(31)15-6-5-7-18(12-15)29(32)33/h5-13H,14H2,1-4H3,(H,25,30). The maximum absolute atomic E-state index is 12.8. The molecule has 1 N–H and O–H groups in total. The molecule has 0 fully saturated rings. The van der Waals surface area contributed by atoms with Crippen molar-refractivity contribution in [2.24, 2.45) is 0 Å². The van der Waals surface area contributed by atoms with Crippen LogP contribution in [0.1, 0.15) is 36.8 Å². The van der Waals surface area contributed by atoms with Gasteiger partial charge in [0.2, 0.25) is 5.91 Å². The number of rotatable bonds is 6. The van der Waals surface area contributed by atoms with Gasteiger partial charge in [0.1, 0.15) is 5.82 Å². The molecule has 172 valence electrons. The molecule has 3 rings (SSSR count). The molecular formula is C23H24ClN5O4. The van der Waals surface area contributed by atoms with E-state index in [-0.39, 0.29) is 23.2 Å². The minimum Gasteiger partial charge on any atom is -0.332 e. The molecular weight excluding hydrogens is 446 g/mol. The third-order valence-electron chi connectivity index (χ3n) is 4.85. The van der Waals surface area contributed by atoms with E-state index < -0.39 is 16.7 Å². The van der Waals surface area contributed by atoms with E-state index in [0.29, 0.717) is 16.5 Å². The minimum atomic E-state index is -0.575. The Morgan fingerprint density at radius 1 is 1.15 bits per heavy atom. The van der Waals surface area contributed by atoms with E-state index >= 15 is 0 Å². The van der Waals surface area contributed by atoms with Crippen LogP contribution < -0.4 is 5.32 Å². The molecule has 0 atom stereocenters. The van der Waals surface area contributed by atoms with E-state index in [4.69, 9.17) is 11.6 Å². The second kappa shape index (κ2) is 9.41. The first-order valence-electron chi connectivity index (χ1n) is 10.1. The second-order valence-electron chi connectivity index (χ2n) is 8.57. The lowest BCUT2D eigenvalue weighted by molar-refractivity contribution is -0.384. The first kappa shape index (κ1) is 23.9. The largest absolute Gasteiger partial charge is 0.332 e. The second-order valence-corrected chi connectivity index (χ2v) is 9.01. The molecule has 0 saturated carbocycles. The molecule has 0 aliphatic carbocycles. The fourth-order valence-electron chi connectivity index (χ4n) is 3.06. The molecule has 0 unspecified atom stereocenters. The van der Waals surface area contributed by atoms with E-state index in [1.54, 1.807) is 35.0 Å².